The molecule has 5 nitrogen and oxygen atoms in total. The molecule has 2 aromatic carbocycles. The van der Waals surface area contributed by atoms with Crippen LogP contribution in [0.3, 0.4) is 0 Å². The van der Waals surface area contributed by atoms with Crippen molar-refractivity contribution in [3.05, 3.63) is 52.8 Å². The van der Waals surface area contributed by atoms with Crippen molar-refractivity contribution < 1.29 is 29.3 Å². The summed E-state index contributed by atoms with van der Waals surface area (Å²) < 4.78 is 12.9. The molecular formula is C17H15FO5. The molecule has 23 heavy (non-hydrogen) atoms. The number of phenolic OH excluding ortho intramolecular Hbond substituents is 3. The predicted molar refractivity (Wildman–Crippen MR) is 80.4 cm³/mol. The van der Waals surface area contributed by atoms with Crippen molar-refractivity contribution in [2.24, 2.45) is 5.92 Å². The monoisotopic (exact) mass is 318 g/mol. The van der Waals surface area contributed by atoms with Crippen molar-refractivity contribution in [3.63, 3.8) is 0 Å². The molecule has 0 bridgehead atoms. The number of hydrogen-bond acceptors (Lipinski definition) is 5. The van der Waals surface area contributed by atoms with Crippen molar-refractivity contribution >= 4 is 11.6 Å². The summed E-state index contributed by atoms with van der Waals surface area (Å²) in [4.78, 5) is 24.5. The summed E-state index contributed by atoms with van der Waals surface area (Å²) in [5.74, 6) is -4.54. The molecule has 0 amide bonds. The number of hydrogen-bond donors (Lipinski definition) is 3. The minimum absolute atomic E-state index is 0.0191. The first-order chi connectivity index (χ1) is 10.7. The van der Waals surface area contributed by atoms with E-state index in [0.717, 1.165) is 18.2 Å². The molecule has 6 heteroatoms. The van der Waals surface area contributed by atoms with E-state index in [-0.39, 0.29) is 5.56 Å². The Balaban J connectivity index is 2.63. The van der Waals surface area contributed by atoms with Crippen LogP contribution in [-0.4, -0.2) is 26.9 Å². The van der Waals surface area contributed by atoms with E-state index in [1.807, 2.05) is 0 Å². The van der Waals surface area contributed by atoms with Gasteiger partial charge < -0.3 is 15.3 Å². The average Bonchev–Trinajstić information content (AvgIpc) is 2.46. The molecule has 0 radical (unpaired) electrons. The lowest BCUT2D eigenvalue weighted by Crippen LogP contribution is -2.11. The van der Waals surface area contributed by atoms with E-state index in [9.17, 15) is 29.3 Å². The molecule has 120 valence electrons. The van der Waals surface area contributed by atoms with Gasteiger partial charge in [-0.25, -0.2) is 4.39 Å². The molecule has 0 atom stereocenters. The number of carbonyl (C=O) groups excluding carboxylic acids is 2. The Bertz CT molecular complexity index is 779. The maximum absolute atomic E-state index is 12.9. The zero-order chi connectivity index (χ0) is 17.3. The van der Waals surface area contributed by atoms with Crippen LogP contribution in [-0.2, 0) is 0 Å². The topological polar surface area (TPSA) is 94.8 Å². The third-order valence-electron chi connectivity index (χ3n) is 3.36. The molecule has 0 aromatic heterocycles. The zero-order valence-electron chi connectivity index (χ0n) is 12.5. The summed E-state index contributed by atoms with van der Waals surface area (Å²) in [5.41, 5.74) is -0.924. The second kappa shape index (κ2) is 6.08. The fourth-order valence-corrected chi connectivity index (χ4v) is 2.14. The largest absolute Gasteiger partial charge is 0.507 e. The standard InChI is InChI=1S/C17H15FO5/c1-8(2)15(21)13-11(19)7-12(20)14(17(13)23)16(22)9-3-5-10(18)6-4-9/h3-8,19-20,23H,1-2H3. The van der Waals surface area contributed by atoms with Crippen molar-refractivity contribution in [1.29, 1.82) is 0 Å². The Hall–Kier alpha value is -2.89. The van der Waals surface area contributed by atoms with Gasteiger partial charge in [0.2, 0.25) is 5.78 Å². The van der Waals surface area contributed by atoms with Crippen molar-refractivity contribution in [2.75, 3.05) is 0 Å². The van der Waals surface area contributed by atoms with Crippen molar-refractivity contribution in [3.8, 4) is 17.2 Å². The molecule has 0 aliphatic heterocycles. The highest BCUT2D eigenvalue weighted by Crippen LogP contribution is 2.39. The minimum Gasteiger partial charge on any atom is -0.507 e. The van der Waals surface area contributed by atoms with Crippen LogP contribution in [0.2, 0.25) is 0 Å². The van der Waals surface area contributed by atoms with Crippen LogP contribution in [0, 0.1) is 11.7 Å². The van der Waals surface area contributed by atoms with E-state index in [4.69, 9.17) is 0 Å². The average molecular weight is 318 g/mol. The molecule has 3 N–H and O–H groups in total. The predicted octanol–water partition coefficient (Wildman–Crippen LogP) is 3.01. The van der Waals surface area contributed by atoms with Crippen LogP contribution in [0.15, 0.2) is 30.3 Å². The van der Waals surface area contributed by atoms with E-state index in [0.29, 0.717) is 0 Å². The first-order valence-corrected chi connectivity index (χ1v) is 6.86. The summed E-state index contributed by atoms with van der Waals surface area (Å²) in [6.45, 7) is 3.13. The third kappa shape index (κ3) is 3.01. The second-order valence-electron chi connectivity index (χ2n) is 5.37. The van der Waals surface area contributed by atoms with E-state index in [1.54, 1.807) is 13.8 Å². The van der Waals surface area contributed by atoms with Gasteiger partial charge in [0, 0.05) is 17.5 Å². The number of Topliss-reactive ketones (excluding diaryl/α,β-unsaturated/α-hetero) is 1. The van der Waals surface area contributed by atoms with E-state index in [2.05, 4.69) is 0 Å². The van der Waals surface area contributed by atoms with Gasteiger partial charge in [0.1, 0.15) is 34.2 Å². The molecule has 2 rings (SSSR count). The number of phenols is 3. The first kappa shape index (κ1) is 16.5. The molecule has 0 aliphatic carbocycles. The van der Waals surface area contributed by atoms with Crippen molar-refractivity contribution in [2.45, 2.75) is 13.8 Å². The van der Waals surface area contributed by atoms with E-state index >= 15 is 0 Å². The third-order valence-corrected chi connectivity index (χ3v) is 3.36. The number of halogens is 1. The van der Waals surface area contributed by atoms with Gasteiger partial charge in [0.15, 0.2) is 5.78 Å². The van der Waals surface area contributed by atoms with Crippen LogP contribution >= 0.6 is 0 Å². The van der Waals surface area contributed by atoms with Gasteiger partial charge in [-0.2, -0.15) is 0 Å². The molecule has 0 aliphatic rings. The van der Waals surface area contributed by atoms with Gasteiger partial charge in [0.05, 0.1) is 0 Å². The van der Waals surface area contributed by atoms with Gasteiger partial charge in [-0.05, 0) is 24.3 Å². The smallest absolute Gasteiger partial charge is 0.200 e. The SMILES string of the molecule is CC(C)C(=O)c1c(O)cc(O)c(C(=O)c2ccc(F)cc2)c1O. The molecular weight excluding hydrogens is 303 g/mol. The number of ketones is 2. The molecule has 0 unspecified atom stereocenters. The first-order valence-electron chi connectivity index (χ1n) is 6.86. The van der Waals surface area contributed by atoms with Gasteiger partial charge >= 0.3 is 0 Å². The summed E-state index contributed by atoms with van der Waals surface area (Å²) in [7, 11) is 0. The number of carbonyl (C=O) groups is 2. The Morgan fingerprint density at radius 1 is 0.957 bits per heavy atom. The van der Waals surface area contributed by atoms with E-state index in [1.165, 1.54) is 12.1 Å². The van der Waals surface area contributed by atoms with Crippen LogP contribution < -0.4 is 0 Å². The molecule has 0 heterocycles. The van der Waals surface area contributed by atoms with Gasteiger partial charge in [-0.15, -0.1) is 0 Å². The quantitative estimate of drug-likeness (QED) is 0.753. The lowest BCUT2D eigenvalue weighted by Gasteiger charge is -2.13. The fourth-order valence-electron chi connectivity index (χ4n) is 2.14. The Labute approximate surface area is 131 Å². The summed E-state index contributed by atoms with van der Waals surface area (Å²) in [6.07, 6.45) is 0. The summed E-state index contributed by atoms with van der Waals surface area (Å²) in [6, 6.07) is 5.32. The fraction of sp³-hybridized carbons (Fsp3) is 0.176. The molecule has 0 fully saturated rings. The van der Waals surface area contributed by atoms with Gasteiger partial charge in [0.25, 0.3) is 0 Å². The molecule has 0 saturated heterocycles. The van der Waals surface area contributed by atoms with Gasteiger partial charge in [-0.1, -0.05) is 13.8 Å². The highest BCUT2D eigenvalue weighted by atomic mass is 19.1. The molecule has 2 aromatic rings. The maximum Gasteiger partial charge on any atom is 0.200 e. The normalized spacial score (nSPS) is 10.8. The lowest BCUT2D eigenvalue weighted by molar-refractivity contribution is 0.0933. The van der Waals surface area contributed by atoms with Crippen molar-refractivity contribution in [1.82, 2.24) is 0 Å². The highest BCUT2D eigenvalue weighted by Gasteiger charge is 2.28. The second-order valence-corrected chi connectivity index (χ2v) is 5.37. The zero-order valence-corrected chi connectivity index (χ0v) is 12.5. The minimum atomic E-state index is -0.796. The lowest BCUT2D eigenvalue weighted by atomic mass is 9.93. The molecule has 0 spiro atoms. The summed E-state index contributed by atoms with van der Waals surface area (Å²) >= 11 is 0. The van der Waals surface area contributed by atoms with E-state index < -0.39 is 51.7 Å². The number of aromatic hydroxyl groups is 3. The molecule has 0 saturated carbocycles. The van der Waals surface area contributed by atoms with Crippen LogP contribution in [0.1, 0.15) is 40.1 Å². The maximum atomic E-state index is 12.9. The van der Waals surface area contributed by atoms with Crippen LogP contribution in [0.4, 0.5) is 4.39 Å². The van der Waals surface area contributed by atoms with Crippen LogP contribution in [0.5, 0.6) is 17.2 Å². The number of rotatable bonds is 4. The Kier molecular flexibility index (Phi) is 4.36. The van der Waals surface area contributed by atoms with Crippen LogP contribution in [0.25, 0.3) is 0 Å². The Morgan fingerprint density at radius 2 is 1.48 bits per heavy atom. The highest BCUT2D eigenvalue weighted by molar-refractivity contribution is 6.15. The van der Waals surface area contributed by atoms with Gasteiger partial charge in [-0.3, -0.25) is 9.59 Å². The number of benzene rings is 2. The Morgan fingerprint density at radius 3 is 2.00 bits per heavy atom. The summed E-state index contributed by atoms with van der Waals surface area (Å²) in [5, 5.41) is 29.9.